The van der Waals surface area contributed by atoms with Crippen LogP contribution in [0.1, 0.15) is 129 Å². The van der Waals surface area contributed by atoms with E-state index >= 15 is 0 Å². The highest BCUT2D eigenvalue weighted by molar-refractivity contribution is 7.11. The molecule has 0 unspecified atom stereocenters. The average molecular weight is 567 g/mol. The zero-order valence-corrected chi connectivity index (χ0v) is 26.2. The molecule has 4 heterocycles. The Morgan fingerprint density at radius 1 is 0.676 bits per heavy atom. The van der Waals surface area contributed by atoms with Gasteiger partial charge in [-0.15, -0.1) is 32.9 Å². The van der Waals surface area contributed by atoms with E-state index in [1.54, 1.807) is 28.9 Å². The van der Waals surface area contributed by atoms with Crippen LogP contribution in [0.15, 0.2) is 16.8 Å². The van der Waals surface area contributed by atoms with Gasteiger partial charge in [-0.25, -0.2) is 15.0 Å². The second-order valence-corrected chi connectivity index (χ2v) is 12.8. The molecule has 0 saturated heterocycles. The lowest BCUT2D eigenvalue weighted by molar-refractivity contribution is 0.456. The first-order chi connectivity index (χ1) is 16.8. The normalized spacial score (nSPS) is 10.4. The molecular weight excluding hydrogens is 521 g/mol. The third-order valence-corrected chi connectivity index (χ3v) is 7.95. The van der Waals surface area contributed by atoms with Crippen molar-refractivity contribution in [2.45, 2.75) is 114 Å². The van der Waals surface area contributed by atoms with Crippen molar-refractivity contribution in [2.24, 2.45) is 0 Å². The van der Waals surface area contributed by atoms with Gasteiger partial charge in [-0.3, -0.25) is 0 Å². The number of thiazole rings is 1. The van der Waals surface area contributed by atoms with Crippen LogP contribution in [-0.4, -0.2) is 29.5 Å². The number of rotatable bonds is 4. The van der Waals surface area contributed by atoms with E-state index in [2.05, 4.69) is 84.9 Å². The molecule has 0 saturated carbocycles. The van der Waals surface area contributed by atoms with Crippen LogP contribution < -0.4 is 0 Å². The molecule has 10 heteroatoms. The van der Waals surface area contributed by atoms with E-state index in [4.69, 9.17) is 4.42 Å². The third-order valence-electron chi connectivity index (χ3n) is 4.49. The molecule has 0 spiro atoms. The predicted octanol–water partition coefficient (Wildman–Crippen LogP) is 9.26. The fourth-order valence-corrected chi connectivity index (χ4v) is 4.52. The molecule has 0 atom stereocenters. The minimum atomic E-state index is 0. The molecule has 4 rings (SSSR count). The van der Waals surface area contributed by atoms with Crippen LogP contribution in [0.5, 0.6) is 0 Å². The fraction of sp³-hybridized carbons (Fsp3) is 0.630. The SMILES string of the molecule is C.Cc1ncc(C(C)C)o1.Cc1ncc(C(C)C)s1.Cc1nnc(C(C)C)s1.Cc1nsc(C(C)C)n1. The molecular formula is C27H46N6OS3. The van der Waals surface area contributed by atoms with E-state index in [-0.39, 0.29) is 7.43 Å². The van der Waals surface area contributed by atoms with Crippen molar-refractivity contribution in [1.29, 1.82) is 0 Å². The Morgan fingerprint density at radius 3 is 1.51 bits per heavy atom. The molecule has 0 fully saturated rings. The maximum absolute atomic E-state index is 5.23. The standard InChI is InChI=1S/C7H11NO.C7H11NS.2C6H10N2S.CH4/c2*1-5(2)7-4-8-6(3)9-7;1-4(2)6-8-7-5(3)9-6;1-4(2)6-7-5(3)8-9-6;/h2*4-5H,1-3H3;2*4H,1-3H3;1H4. The summed E-state index contributed by atoms with van der Waals surface area (Å²) in [6.45, 7) is 24.8. The van der Waals surface area contributed by atoms with Crippen LogP contribution in [0.25, 0.3) is 0 Å². The van der Waals surface area contributed by atoms with Gasteiger partial charge in [-0.1, -0.05) is 62.8 Å². The molecule has 0 amide bonds. The lowest BCUT2D eigenvalue weighted by atomic mass is 10.2. The molecule has 0 aliphatic rings. The maximum atomic E-state index is 5.23. The van der Waals surface area contributed by atoms with Gasteiger partial charge in [0.1, 0.15) is 26.6 Å². The van der Waals surface area contributed by atoms with Crippen molar-refractivity contribution in [3.8, 4) is 0 Å². The third kappa shape index (κ3) is 13.9. The van der Waals surface area contributed by atoms with Gasteiger partial charge in [0.15, 0.2) is 5.89 Å². The Labute approximate surface area is 236 Å². The van der Waals surface area contributed by atoms with Crippen LogP contribution in [0.3, 0.4) is 0 Å². The molecule has 0 aromatic carbocycles. The Kier molecular flexibility index (Phi) is 16.5. The summed E-state index contributed by atoms with van der Waals surface area (Å²) >= 11 is 4.95. The van der Waals surface area contributed by atoms with E-state index in [0.29, 0.717) is 23.7 Å². The van der Waals surface area contributed by atoms with Crippen molar-refractivity contribution in [3.05, 3.63) is 54.8 Å². The molecule has 37 heavy (non-hydrogen) atoms. The second kappa shape index (κ2) is 17.5. The van der Waals surface area contributed by atoms with Crippen molar-refractivity contribution in [2.75, 3.05) is 0 Å². The number of aryl methyl sites for hydroxylation is 4. The highest BCUT2D eigenvalue weighted by Crippen LogP contribution is 2.20. The minimum Gasteiger partial charge on any atom is -0.446 e. The summed E-state index contributed by atoms with van der Waals surface area (Å²) in [5.41, 5.74) is 0. The summed E-state index contributed by atoms with van der Waals surface area (Å²) in [5, 5.41) is 12.4. The molecule has 0 aliphatic carbocycles. The number of aromatic nitrogens is 6. The summed E-state index contributed by atoms with van der Waals surface area (Å²) in [5.74, 6) is 4.74. The summed E-state index contributed by atoms with van der Waals surface area (Å²) in [7, 11) is 0. The van der Waals surface area contributed by atoms with E-state index in [9.17, 15) is 0 Å². The zero-order valence-electron chi connectivity index (χ0n) is 23.8. The Balaban J connectivity index is 0.000000463. The van der Waals surface area contributed by atoms with Crippen LogP contribution in [-0.2, 0) is 0 Å². The molecule has 4 aromatic heterocycles. The summed E-state index contributed by atoms with van der Waals surface area (Å²) in [6.07, 6.45) is 3.74. The van der Waals surface area contributed by atoms with E-state index < -0.39 is 0 Å². The van der Waals surface area contributed by atoms with Gasteiger partial charge < -0.3 is 4.42 Å². The van der Waals surface area contributed by atoms with Crippen molar-refractivity contribution >= 4 is 34.2 Å². The van der Waals surface area contributed by atoms with Gasteiger partial charge in [0.25, 0.3) is 0 Å². The Morgan fingerprint density at radius 2 is 1.30 bits per heavy atom. The van der Waals surface area contributed by atoms with Gasteiger partial charge in [0, 0.05) is 35.8 Å². The van der Waals surface area contributed by atoms with Crippen molar-refractivity contribution in [3.63, 3.8) is 0 Å². The van der Waals surface area contributed by atoms with Gasteiger partial charge in [-0.05, 0) is 38.2 Å². The first-order valence-corrected chi connectivity index (χ1v) is 14.7. The van der Waals surface area contributed by atoms with Gasteiger partial charge in [0.2, 0.25) is 0 Å². The minimum absolute atomic E-state index is 0. The maximum Gasteiger partial charge on any atom is 0.191 e. The van der Waals surface area contributed by atoms with Crippen LogP contribution in [0.4, 0.5) is 0 Å². The predicted molar refractivity (Wildman–Crippen MR) is 160 cm³/mol. The highest BCUT2D eigenvalue weighted by atomic mass is 32.1. The number of hydrogen-bond donors (Lipinski definition) is 0. The summed E-state index contributed by atoms with van der Waals surface area (Å²) in [6, 6.07) is 0. The topological polar surface area (TPSA) is 90.5 Å². The Bertz CT molecular complexity index is 948. The molecule has 0 radical (unpaired) electrons. The lowest BCUT2D eigenvalue weighted by Crippen LogP contribution is -1.84. The first-order valence-electron chi connectivity index (χ1n) is 12.2. The quantitative estimate of drug-likeness (QED) is 0.243. The second-order valence-electron chi connectivity index (χ2n) is 9.52. The van der Waals surface area contributed by atoms with Crippen LogP contribution >= 0.6 is 34.2 Å². The molecule has 0 N–H and O–H groups in total. The molecule has 4 aromatic rings. The molecule has 7 nitrogen and oxygen atoms in total. The average Bonchev–Trinajstić information content (AvgIpc) is 3.58. The number of oxazole rings is 1. The fourth-order valence-electron chi connectivity index (χ4n) is 2.38. The summed E-state index contributed by atoms with van der Waals surface area (Å²) in [4.78, 5) is 13.7. The lowest BCUT2D eigenvalue weighted by Gasteiger charge is -1.94. The van der Waals surface area contributed by atoms with Crippen molar-refractivity contribution in [1.82, 2.24) is 29.5 Å². The molecule has 208 valence electrons. The monoisotopic (exact) mass is 566 g/mol. The number of nitrogens with zero attached hydrogens (tertiary/aromatic N) is 6. The summed E-state index contributed by atoms with van der Waals surface area (Å²) < 4.78 is 9.30. The van der Waals surface area contributed by atoms with Gasteiger partial charge in [0.05, 0.1) is 11.2 Å². The smallest absolute Gasteiger partial charge is 0.191 e. The largest absolute Gasteiger partial charge is 0.446 e. The Hall–Kier alpha value is -2.04. The van der Waals surface area contributed by atoms with Crippen molar-refractivity contribution < 1.29 is 4.42 Å². The zero-order chi connectivity index (χ0) is 27.4. The van der Waals surface area contributed by atoms with E-state index in [1.165, 1.54) is 21.4 Å². The molecule has 0 bridgehead atoms. The van der Waals surface area contributed by atoms with Gasteiger partial charge in [-0.2, -0.15) is 4.37 Å². The van der Waals surface area contributed by atoms with Crippen LogP contribution in [0.2, 0.25) is 0 Å². The van der Waals surface area contributed by atoms with Crippen LogP contribution in [0, 0.1) is 27.7 Å². The number of hydrogen-bond acceptors (Lipinski definition) is 10. The van der Waals surface area contributed by atoms with E-state index in [0.717, 1.165) is 32.5 Å². The van der Waals surface area contributed by atoms with E-state index in [1.807, 2.05) is 33.9 Å². The molecule has 0 aliphatic heterocycles. The van der Waals surface area contributed by atoms with Gasteiger partial charge >= 0.3 is 0 Å². The first kappa shape index (κ1) is 35.0. The highest BCUT2D eigenvalue weighted by Gasteiger charge is 2.04.